The summed E-state index contributed by atoms with van der Waals surface area (Å²) in [6.07, 6.45) is 8.11. The van der Waals surface area contributed by atoms with Crippen LogP contribution in [0.15, 0.2) is 28.7 Å². The zero-order valence-corrected chi connectivity index (χ0v) is 16.1. The molecule has 6 heteroatoms. The van der Waals surface area contributed by atoms with E-state index in [4.69, 9.17) is 16.0 Å². The van der Waals surface area contributed by atoms with Crippen molar-refractivity contribution in [3.05, 3.63) is 35.2 Å². The van der Waals surface area contributed by atoms with E-state index < -0.39 is 0 Å². The molecule has 2 aromatic rings. The number of hydrogen-bond acceptors (Lipinski definition) is 4. The van der Waals surface area contributed by atoms with Gasteiger partial charge in [0.25, 0.3) is 0 Å². The zero-order chi connectivity index (χ0) is 18.4. The molecule has 27 heavy (non-hydrogen) atoms. The average molecular weight is 386 g/mol. The topological polar surface area (TPSA) is 59.2 Å². The highest BCUT2D eigenvalue weighted by atomic mass is 35.5. The van der Waals surface area contributed by atoms with Gasteiger partial charge in [-0.05, 0) is 62.0 Å². The fourth-order valence-corrected chi connectivity index (χ4v) is 5.20. The Morgan fingerprint density at radius 2 is 2.00 bits per heavy atom. The van der Waals surface area contributed by atoms with Gasteiger partial charge in [0.15, 0.2) is 0 Å². The van der Waals surface area contributed by atoms with Crippen molar-refractivity contribution in [2.45, 2.75) is 57.5 Å². The number of halogens is 1. The number of hydrogen-bond donors (Lipinski definition) is 0. The maximum absolute atomic E-state index is 13.0. The minimum absolute atomic E-state index is 0.257. The van der Waals surface area contributed by atoms with Crippen LogP contribution in [0.4, 0.5) is 0 Å². The number of nitrogens with zero attached hydrogens (tertiary/aromatic N) is 3. The summed E-state index contributed by atoms with van der Waals surface area (Å²) < 4.78 is 5.83. The van der Waals surface area contributed by atoms with E-state index in [1.54, 1.807) is 6.07 Å². The molecule has 5 nitrogen and oxygen atoms in total. The van der Waals surface area contributed by atoms with E-state index in [9.17, 15) is 4.79 Å². The maximum Gasteiger partial charge on any atom is 0.249 e. The minimum atomic E-state index is 0.257. The van der Waals surface area contributed by atoms with Gasteiger partial charge < -0.3 is 9.32 Å². The van der Waals surface area contributed by atoms with Gasteiger partial charge >= 0.3 is 0 Å². The van der Waals surface area contributed by atoms with Gasteiger partial charge in [0, 0.05) is 12.5 Å². The summed E-state index contributed by atoms with van der Waals surface area (Å²) in [6, 6.07) is 7.76. The number of carbonyl (C=O) groups is 1. The van der Waals surface area contributed by atoms with Crippen LogP contribution < -0.4 is 0 Å². The van der Waals surface area contributed by atoms with Gasteiger partial charge in [-0.3, -0.25) is 4.79 Å². The molecule has 3 atom stereocenters. The molecule has 142 valence electrons. The predicted octanol–water partition coefficient (Wildman–Crippen LogP) is 4.71. The Kier molecular flexibility index (Phi) is 4.43. The van der Waals surface area contributed by atoms with Crippen molar-refractivity contribution in [3.8, 4) is 11.5 Å². The molecule has 0 saturated heterocycles. The average Bonchev–Trinajstić information content (AvgIpc) is 3.06. The summed E-state index contributed by atoms with van der Waals surface area (Å²) in [5.74, 6) is 3.38. The van der Waals surface area contributed by atoms with E-state index in [0.29, 0.717) is 41.7 Å². The molecule has 3 aliphatic carbocycles. The number of fused-ring (bicyclic) bond motifs is 2. The third kappa shape index (κ3) is 3.49. The Balaban J connectivity index is 1.28. The van der Waals surface area contributed by atoms with E-state index in [2.05, 4.69) is 10.2 Å². The molecule has 1 aromatic heterocycles. The number of aromatic nitrogens is 2. The van der Waals surface area contributed by atoms with Crippen molar-refractivity contribution in [1.82, 2.24) is 15.1 Å². The minimum Gasteiger partial charge on any atom is -0.419 e. The van der Waals surface area contributed by atoms with Crippen LogP contribution in [0.5, 0.6) is 0 Å². The standard InChI is InChI=1S/C21H24ClN3O2/c22-18-4-2-1-3-17(18)21-24-23-19(27-21)12-25(16-7-8-16)20(26)11-15-10-13-5-6-14(15)9-13/h1-4,13-16H,5-12H2/t13-,14-,15+/m1/s1. The lowest BCUT2D eigenvalue weighted by atomic mass is 9.86. The Morgan fingerprint density at radius 3 is 2.70 bits per heavy atom. The molecule has 3 aliphatic rings. The smallest absolute Gasteiger partial charge is 0.249 e. The lowest BCUT2D eigenvalue weighted by Crippen LogP contribution is -2.34. The molecule has 2 bridgehead atoms. The Labute approximate surface area is 164 Å². The molecule has 3 fully saturated rings. The lowest BCUT2D eigenvalue weighted by Gasteiger charge is -2.26. The largest absolute Gasteiger partial charge is 0.419 e. The van der Waals surface area contributed by atoms with E-state index in [-0.39, 0.29) is 5.91 Å². The predicted molar refractivity (Wildman–Crippen MR) is 102 cm³/mol. The molecular formula is C21H24ClN3O2. The van der Waals surface area contributed by atoms with Crippen LogP contribution in [-0.2, 0) is 11.3 Å². The molecule has 3 saturated carbocycles. The summed E-state index contributed by atoms with van der Waals surface area (Å²) in [6.45, 7) is 0.405. The van der Waals surface area contributed by atoms with Gasteiger partial charge in [0.05, 0.1) is 17.1 Å². The molecule has 1 amide bonds. The second kappa shape index (κ2) is 6.93. The van der Waals surface area contributed by atoms with Gasteiger partial charge in [-0.1, -0.05) is 30.2 Å². The van der Waals surface area contributed by atoms with Gasteiger partial charge in [-0.15, -0.1) is 10.2 Å². The maximum atomic E-state index is 13.0. The summed E-state index contributed by atoms with van der Waals surface area (Å²) in [5, 5.41) is 8.88. The third-order valence-electron chi connectivity index (χ3n) is 6.51. The first-order valence-corrected chi connectivity index (χ1v) is 10.4. The molecular weight excluding hydrogens is 362 g/mol. The summed E-state index contributed by atoms with van der Waals surface area (Å²) >= 11 is 6.22. The first-order chi connectivity index (χ1) is 13.2. The zero-order valence-electron chi connectivity index (χ0n) is 15.3. The first kappa shape index (κ1) is 17.2. The van der Waals surface area contributed by atoms with Crippen molar-refractivity contribution >= 4 is 17.5 Å². The molecule has 0 radical (unpaired) electrons. The van der Waals surface area contributed by atoms with Crippen LogP contribution in [0.2, 0.25) is 5.02 Å². The van der Waals surface area contributed by atoms with Crippen molar-refractivity contribution in [2.75, 3.05) is 0 Å². The van der Waals surface area contributed by atoms with Crippen LogP contribution >= 0.6 is 11.6 Å². The molecule has 0 spiro atoms. The van der Waals surface area contributed by atoms with Crippen LogP contribution in [-0.4, -0.2) is 27.0 Å². The van der Waals surface area contributed by atoms with Crippen LogP contribution in [0, 0.1) is 17.8 Å². The second-order valence-electron chi connectivity index (χ2n) is 8.37. The lowest BCUT2D eigenvalue weighted by molar-refractivity contribution is -0.134. The summed E-state index contributed by atoms with van der Waals surface area (Å²) in [4.78, 5) is 15.0. The van der Waals surface area contributed by atoms with E-state index in [1.807, 2.05) is 23.1 Å². The van der Waals surface area contributed by atoms with Gasteiger partial charge in [0.2, 0.25) is 17.7 Å². The molecule has 0 aliphatic heterocycles. The first-order valence-electron chi connectivity index (χ1n) is 10.0. The molecule has 1 heterocycles. The Bertz CT molecular complexity index is 847. The van der Waals surface area contributed by atoms with E-state index in [1.165, 1.54) is 25.7 Å². The number of benzene rings is 1. The van der Waals surface area contributed by atoms with E-state index in [0.717, 1.165) is 30.2 Å². The van der Waals surface area contributed by atoms with Crippen molar-refractivity contribution in [1.29, 1.82) is 0 Å². The summed E-state index contributed by atoms with van der Waals surface area (Å²) in [5.41, 5.74) is 0.726. The number of amides is 1. The number of rotatable bonds is 6. The molecule has 0 unspecified atom stereocenters. The van der Waals surface area contributed by atoms with Gasteiger partial charge in [-0.2, -0.15) is 0 Å². The van der Waals surface area contributed by atoms with E-state index >= 15 is 0 Å². The molecule has 1 aromatic carbocycles. The highest BCUT2D eigenvalue weighted by Crippen LogP contribution is 2.50. The number of carbonyl (C=O) groups excluding carboxylic acids is 1. The van der Waals surface area contributed by atoms with Crippen LogP contribution in [0.3, 0.4) is 0 Å². The second-order valence-corrected chi connectivity index (χ2v) is 8.78. The fourth-order valence-electron chi connectivity index (χ4n) is 4.98. The van der Waals surface area contributed by atoms with Crippen molar-refractivity contribution < 1.29 is 9.21 Å². The molecule has 5 rings (SSSR count). The quantitative estimate of drug-likeness (QED) is 0.722. The van der Waals surface area contributed by atoms with Gasteiger partial charge in [0.1, 0.15) is 0 Å². The van der Waals surface area contributed by atoms with Crippen molar-refractivity contribution in [2.24, 2.45) is 17.8 Å². The third-order valence-corrected chi connectivity index (χ3v) is 6.84. The molecule has 0 N–H and O–H groups in total. The SMILES string of the molecule is O=C(C[C@@H]1C[C@@H]2CC[C@@H]1C2)N(Cc1nnc(-c2ccccc2Cl)o1)C1CC1. The normalized spacial score (nSPS) is 26.5. The Hall–Kier alpha value is -1.88. The van der Waals surface area contributed by atoms with Crippen molar-refractivity contribution in [3.63, 3.8) is 0 Å². The highest BCUT2D eigenvalue weighted by Gasteiger charge is 2.42. The van der Waals surface area contributed by atoms with Crippen LogP contribution in [0.1, 0.15) is 50.8 Å². The highest BCUT2D eigenvalue weighted by molar-refractivity contribution is 6.33. The monoisotopic (exact) mass is 385 g/mol. The van der Waals surface area contributed by atoms with Gasteiger partial charge in [-0.25, -0.2) is 0 Å². The fraction of sp³-hybridized carbons (Fsp3) is 0.571. The Morgan fingerprint density at radius 1 is 1.15 bits per heavy atom. The van der Waals surface area contributed by atoms with Crippen LogP contribution in [0.25, 0.3) is 11.5 Å². The summed E-state index contributed by atoms with van der Waals surface area (Å²) in [7, 11) is 0.